The number of rotatable bonds is 5. The SMILES string of the molecule is CC(C)c1cc2c(N3CC[C@H]4NCC[C@H]43)c(NC(=O)c3ccc(=O)n(-c4c(F)cccc4F)n3)ccc2n1C. The van der Waals surface area contributed by atoms with Crippen molar-refractivity contribution in [2.75, 3.05) is 23.3 Å². The van der Waals surface area contributed by atoms with Crippen LogP contribution in [0.25, 0.3) is 16.6 Å². The molecule has 0 spiro atoms. The first-order valence-electron chi connectivity index (χ1n) is 13.2. The van der Waals surface area contributed by atoms with Gasteiger partial charge in [-0.05, 0) is 61.7 Å². The molecule has 202 valence electrons. The molecular formula is C29H30F2N6O2. The molecule has 2 aromatic carbocycles. The van der Waals surface area contributed by atoms with Crippen molar-refractivity contribution in [3.8, 4) is 5.69 Å². The number of anilines is 2. The molecule has 2 saturated heterocycles. The van der Waals surface area contributed by atoms with Crippen LogP contribution in [-0.2, 0) is 7.05 Å². The fraction of sp³-hybridized carbons (Fsp3) is 0.345. The number of fused-ring (bicyclic) bond motifs is 2. The van der Waals surface area contributed by atoms with E-state index in [2.05, 4.69) is 52.2 Å². The third kappa shape index (κ3) is 4.19. The number of halogens is 2. The van der Waals surface area contributed by atoms with Crippen LogP contribution < -0.4 is 21.1 Å². The van der Waals surface area contributed by atoms with Gasteiger partial charge in [-0.25, -0.2) is 8.78 Å². The molecule has 2 aliphatic rings. The molecular weight excluding hydrogens is 502 g/mol. The van der Waals surface area contributed by atoms with Crippen molar-refractivity contribution in [2.45, 2.75) is 44.7 Å². The van der Waals surface area contributed by atoms with E-state index < -0.39 is 28.8 Å². The average molecular weight is 533 g/mol. The van der Waals surface area contributed by atoms with Gasteiger partial charge in [-0.2, -0.15) is 9.78 Å². The minimum absolute atomic E-state index is 0.138. The van der Waals surface area contributed by atoms with Gasteiger partial charge in [0.05, 0.1) is 16.9 Å². The molecule has 0 saturated carbocycles. The second-order valence-corrected chi connectivity index (χ2v) is 10.6. The van der Waals surface area contributed by atoms with Crippen molar-refractivity contribution >= 4 is 28.2 Å². The van der Waals surface area contributed by atoms with Crippen molar-refractivity contribution in [1.82, 2.24) is 19.7 Å². The molecule has 2 aromatic heterocycles. The van der Waals surface area contributed by atoms with Crippen molar-refractivity contribution in [2.24, 2.45) is 7.05 Å². The lowest BCUT2D eigenvalue weighted by molar-refractivity contribution is 0.102. The second-order valence-electron chi connectivity index (χ2n) is 10.6. The van der Waals surface area contributed by atoms with E-state index >= 15 is 0 Å². The molecule has 0 radical (unpaired) electrons. The molecule has 4 aromatic rings. The van der Waals surface area contributed by atoms with Crippen LogP contribution >= 0.6 is 0 Å². The Morgan fingerprint density at radius 2 is 1.85 bits per heavy atom. The number of nitrogens with one attached hydrogen (secondary N) is 2. The van der Waals surface area contributed by atoms with Gasteiger partial charge in [0, 0.05) is 42.8 Å². The smallest absolute Gasteiger partial charge is 0.276 e. The van der Waals surface area contributed by atoms with Gasteiger partial charge < -0.3 is 20.1 Å². The summed E-state index contributed by atoms with van der Waals surface area (Å²) in [4.78, 5) is 28.3. The first kappa shape index (κ1) is 25.2. The number of carbonyl (C=O) groups is 1. The maximum absolute atomic E-state index is 14.4. The number of aryl methyl sites for hydroxylation is 1. The molecule has 0 bridgehead atoms. The van der Waals surface area contributed by atoms with E-state index in [0.717, 1.165) is 60.7 Å². The summed E-state index contributed by atoms with van der Waals surface area (Å²) >= 11 is 0. The summed E-state index contributed by atoms with van der Waals surface area (Å²) < 4.78 is 31.6. The van der Waals surface area contributed by atoms with Gasteiger partial charge in [0.15, 0.2) is 11.6 Å². The van der Waals surface area contributed by atoms with Gasteiger partial charge in [0.2, 0.25) is 0 Å². The van der Waals surface area contributed by atoms with E-state index in [1.165, 1.54) is 17.8 Å². The van der Waals surface area contributed by atoms with Crippen LogP contribution in [0.2, 0.25) is 0 Å². The minimum atomic E-state index is -0.950. The zero-order chi connectivity index (χ0) is 27.4. The summed E-state index contributed by atoms with van der Waals surface area (Å²) in [5, 5.41) is 11.7. The van der Waals surface area contributed by atoms with Crippen LogP contribution in [0.15, 0.2) is 53.3 Å². The molecule has 2 fully saturated rings. The molecule has 0 aliphatic carbocycles. The lowest BCUT2D eigenvalue weighted by Crippen LogP contribution is -2.35. The predicted molar refractivity (Wildman–Crippen MR) is 147 cm³/mol. The van der Waals surface area contributed by atoms with Gasteiger partial charge in [-0.1, -0.05) is 19.9 Å². The van der Waals surface area contributed by atoms with E-state index in [-0.39, 0.29) is 5.69 Å². The summed E-state index contributed by atoms with van der Waals surface area (Å²) in [5.41, 5.74) is 2.33. The number of benzene rings is 2. The number of para-hydroxylation sites is 1. The lowest BCUT2D eigenvalue weighted by Gasteiger charge is -2.29. The summed E-state index contributed by atoms with van der Waals surface area (Å²) in [6.07, 6.45) is 2.03. The molecule has 8 nitrogen and oxygen atoms in total. The fourth-order valence-corrected chi connectivity index (χ4v) is 6.09. The zero-order valence-electron chi connectivity index (χ0n) is 22.0. The molecule has 2 aliphatic heterocycles. The standard InChI is InChI=1S/C29H30F2N6O2/c1-16(2)25-15-17-23(35(25)3)9-7-21(27(17)36-14-12-20-24(36)11-13-32-20)33-29(39)22-8-10-26(38)37(34-22)28-18(30)5-4-6-19(28)31/h4-10,15-16,20,24,32H,11-14H2,1-3H3,(H,33,39)/t20-,24-/m1/s1. The summed E-state index contributed by atoms with van der Waals surface area (Å²) in [6.45, 7) is 6.12. The van der Waals surface area contributed by atoms with Crippen molar-refractivity contribution < 1.29 is 13.6 Å². The monoisotopic (exact) mass is 532 g/mol. The van der Waals surface area contributed by atoms with Gasteiger partial charge in [0.25, 0.3) is 11.5 Å². The number of hydrogen-bond acceptors (Lipinski definition) is 5. The molecule has 2 atom stereocenters. The highest BCUT2D eigenvalue weighted by atomic mass is 19.1. The van der Waals surface area contributed by atoms with Crippen LogP contribution in [0.4, 0.5) is 20.2 Å². The Kier molecular flexibility index (Phi) is 6.22. The quantitative estimate of drug-likeness (QED) is 0.400. The van der Waals surface area contributed by atoms with Gasteiger partial charge in [-0.3, -0.25) is 9.59 Å². The number of amides is 1. The maximum Gasteiger partial charge on any atom is 0.276 e. The summed E-state index contributed by atoms with van der Waals surface area (Å²) in [5.74, 6) is -2.17. The average Bonchev–Trinajstić information content (AvgIpc) is 3.60. The van der Waals surface area contributed by atoms with E-state index in [4.69, 9.17) is 0 Å². The van der Waals surface area contributed by atoms with Crippen LogP contribution in [0.5, 0.6) is 0 Å². The highest BCUT2D eigenvalue weighted by Crippen LogP contribution is 2.42. The Bertz CT molecular complexity index is 1640. The first-order chi connectivity index (χ1) is 18.7. The van der Waals surface area contributed by atoms with Crippen LogP contribution in [-0.4, -0.2) is 45.4 Å². The van der Waals surface area contributed by atoms with Crippen molar-refractivity contribution in [1.29, 1.82) is 0 Å². The third-order valence-electron chi connectivity index (χ3n) is 7.94. The summed E-state index contributed by atoms with van der Waals surface area (Å²) in [6, 6.07) is 12.4. The maximum atomic E-state index is 14.4. The Morgan fingerprint density at radius 1 is 1.08 bits per heavy atom. The van der Waals surface area contributed by atoms with Crippen molar-refractivity contribution in [3.05, 3.63) is 81.9 Å². The Balaban J connectivity index is 1.43. The third-order valence-corrected chi connectivity index (χ3v) is 7.94. The highest BCUT2D eigenvalue weighted by Gasteiger charge is 2.39. The Labute approximate surface area is 224 Å². The second kappa shape index (κ2) is 9.60. The van der Waals surface area contributed by atoms with Gasteiger partial charge in [-0.15, -0.1) is 0 Å². The topological polar surface area (TPSA) is 84.2 Å². The van der Waals surface area contributed by atoms with E-state index in [1.807, 2.05) is 12.1 Å². The lowest BCUT2D eigenvalue weighted by atomic mass is 10.1. The van der Waals surface area contributed by atoms with Gasteiger partial charge in [0.1, 0.15) is 11.4 Å². The minimum Gasteiger partial charge on any atom is -0.365 e. The molecule has 4 heterocycles. The van der Waals surface area contributed by atoms with Crippen molar-refractivity contribution in [3.63, 3.8) is 0 Å². The molecule has 39 heavy (non-hydrogen) atoms. The number of hydrogen-bond donors (Lipinski definition) is 2. The highest BCUT2D eigenvalue weighted by molar-refractivity contribution is 6.09. The molecule has 1 amide bonds. The van der Waals surface area contributed by atoms with Crippen LogP contribution in [0, 0.1) is 11.6 Å². The normalized spacial score (nSPS) is 18.8. The summed E-state index contributed by atoms with van der Waals surface area (Å²) in [7, 11) is 2.05. The number of carbonyl (C=O) groups excluding carboxylic acids is 1. The van der Waals surface area contributed by atoms with Crippen LogP contribution in [0.1, 0.15) is 48.8 Å². The van der Waals surface area contributed by atoms with E-state index in [9.17, 15) is 18.4 Å². The predicted octanol–water partition coefficient (Wildman–Crippen LogP) is 4.32. The fourth-order valence-electron chi connectivity index (χ4n) is 6.09. The molecule has 6 rings (SSSR count). The van der Waals surface area contributed by atoms with Gasteiger partial charge >= 0.3 is 0 Å². The first-order valence-corrected chi connectivity index (χ1v) is 13.2. The Morgan fingerprint density at radius 3 is 2.59 bits per heavy atom. The molecule has 10 heteroatoms. The number of aromatic nitrogens is 3. The largest absolute Gasteiger partial charge is 0.365 e. The zero-order valence-corrected chi connectivity index (χ0v) is 22.0. The molecule has 2 N–H and O–H groups in total. The number of nitrogens with zero attached hydrogens (tertiary/aromatic N) is 4. The van der Waals surface area contributed by atoms with Crippen LogP contribution in [0.3, 0.4) is 0 Å². The Hall–Kier alpha value is -4.05. The molecule has 0 unspecified atom stereocenters. The van der Waals surface area contributed by atoms with E-state index in [0.29, 0.717) is 28.4 Å². The van der Waals surface area contributed by atoms with E-state index in [1.54, 1.807) is 0 Å².